The molecule has 3 nitrogen and oxygen atoms in total. The van der Waals surface area contributed by atoms with Crippen LogP contribution in [0.1, 0.15) is 40.0 Å². The Balaban J connectivity index is 2.39. The average Bonchev–Trinajstić information content (AvgIpc) is 2.29. The molecule has 0 amide bonds. The molecule has 0 bridgehead atoms. The van der Waals surface area contributed by atoms with E-state index in [1.165, 1.54) is 19.3 Å². The fourth-order valence-corrected chi connectivity index (χ4v) is 2.45. The maximum absolute atomic E-state index is 5.50. The van der Waals surface area contributed by atoms with Crippen LogP contribution in [-0.2, 0) is 4.74 Å². The Morgan fingerprint density at radius 3 is 2.81 bits per heavy atom. The lowest BCUT2D eigenvalue weighted by Crippen LogP contribution is -2.52. The lowest BCUT2D eigenvalue weighted by Gasteiger charge is -2.39. The van der Waals surface area contributed by atoms with Gasteiger partial charge in [0.1, 0.15) is 0 Å². The van der Waals surface area contributed by atoms with E-state index < -0.39 is 0 Å². The highest BCUT2D eigenvalue weighted by Gasteiger charge is 2.25. The molecule has 2 atom stereocenters. The van der Waals surface area contributed by atoms with Crippen molar-refractivity contribution in [3.63, 3.8) is 0 Å². The first-order chi connectivity index (χ1) is 7.79. The standard InChI is InChI=1S/C13H28N2O/c1-4-6-13(10-14-7-5-2)15-8-9-16-11-12(15)3/h12-14H,4-11H2,1-3H3. The Morgan fingerprint density at radius 1 is 1.38 bits per heavy atom. The summed E-state index contributed by atoms with van der Waals surface area (Å²) in [5, 5.41) is 3.56. The molecule has 0 radical (unpaired) electrons. The number of nitrogens with one attached hydrogen (secondary N) is 1. The maximum atomic E-state index is 5.50. The van der Waals surface area contributed by atoms with Gasteiger partial charge in [0.05, 0.1) is 13.2 Å². The van der Waals surface area contributed by atoms with E-state index in [4.69, 9.17) is 4.74 Å². The van der Waals surface area contributed by atoms with E-state index in [0.29, 0.717) is 12.1 Å². The molecule has 0 aromatic rings. The quantitative estimate of drug-likeness (QED) is 0.673. The van der Waals surface area contributed by atoms with Crippen molar-refractivity contribution in [1.29, 1.82) is 0 Å². The lowest BCUT2D eigenvalue weighted by molar-refractivity contribution is -0.0234. The minimum atomic E-state index is 0.578. The molecule has 0 aromatic carbocycles. The monoisotopic (exact) mass is 228 g/mol. The van der Waals surface area contributed by atoms with Gasteiger partial charge in [-0.05, 0) is 26.3 Å². The molecule has 0 aliphatic carbocycles. The van der Waals surface area contributed by atoms with Crippen LogP contribution < -0.4 is 5.32 Å². The predicted octanol–water partition coefficient (Wildman–Crippen LogP) is 1.88. The molecule has 16 heavy (non-hydrogen) atoms. The molecule has 0 spiro atoms. The Labute approximate surface area is 101 Å². The van der Waals surface area contributed by atoms with Crippen molar-refractivity contribution in [1.82, 2.24) is 10.2 Å². The van der Waals surface area contributed by atoms with E-state index in [2.05, 4.69) is 31.0 Å². The van der Waals surface area contributed by atoms with E-state index in [-0.39, 0.29) is 0 Å². The van der Waals surface area contributed by atoms with Crippen LogP contribution in [0.5, 0.6) is 0 Å². The molecule has 1 fully saturated rings. The largest absolute Gasteiger partial charge is 0.379 e. The van der Waals surface area contributed by atoms with Gasteiger partial charge in [0.2, 0.25) is 0 Å². The molecular weight excluding hydrogens is 200 g/mol. The molecule has 1 N–H and O–H groups in total. The van der Waals surface area contributed by atoms with Crippen LogP contribution in [0.15, 0.2) is 0 Å². The molecule has 2 unspecified atom stereocenters. The summed E-state index contributed by atoms with van der Waals surface area (Å²) in [6, 6.07) is 1.27. The van der Waals surface area contributed by atoms with Crippen LogP contribution in [0.25, 0.3) is 0 Å². The maximum Gasteiger partial charge on any atom is 0.0619 e. The molecule has 1 saturated heterocycles. The minimum absolute atomic E-state index is 0.578. The van der Waals surface area contributed by atoms with Gasteiger partial charge in [-0.25, -0.2) is 0 Å². The van der Waals surface area contributed by atoms with Crippen LogP contribution in [0.2, 0.25) is 0 Å². The third-order valence-corrected chi connectivity index (χ3v) is 3.32. The first-order valence-corrected chi connectivity index (χ1v) is 6.83. The van der Waals surface area contributed by atoms with Crippen molar-refractivity contribution in [2.24, 2.45) is 0 Å². The van der Waals surface area contributed by atoms with Crippen LogP contribution in [0.4, 0.5) is 0 Å². The van der Waals surface area contributed by atoms with Gasteiger partial charge in [-0.15, -0.1) is 0 Å². The second-order valence-corrected chi connectivity index (χ2v) is 4.81. The first-order valence-electron chi connectivity index (χ1n) is 6.83. The molecule has 96 valence electrons. The van der Waals surface area contributed by atoms with Crippen molar-refractivity contribution in [3.05, 3.63) is 0 Å². The zero-order valence-electron chi connectivity index (χ0n) is 11.2. The van der Waals surface area contributed by atoms with E-state index in [1.807, 2.05) is 0 Å². The zero-order chi connectivity index (χ0) is 11.8. The van der Waals surface area contributed by atoms with Gasteiger partial charge in [-0.3, -0.25) is 4.90 Å². The number of hydrogen-bond acceptors (Lipinski definition) is 3. The van der Waals surface area contributed by atoms with E-state index in [1.54, 1.807) is 0 Å². The fourth-order valence-electron chi connectivity index (χ4n) is 2.45. The predicted molar refractivity (Wildman–Crippen MR) is 68.8 cm³/mol. The van der Waals surface area contributed by atoms with Gasteiger partial charge in [-0.2, -0.15) is 0 Å². The Morgan fingerprint density at radius 2 is 2.19 bits per heavy atom. The smallest absolute Gasteiger partial charge is 0.0619 e. The summed E-state index contributed by atoms with van der Waals surface area (Å²) in [5.41, 5.74) is 0. The summed E-state index contributed by atoms with van der Waals surface area (Å²) < 4.78 is 5.50. The van der Waals surface area contributed by atoms with Crippen LogP contribution in [0, 0.1) is 0 Å². The number of nitrogens with zero attached hydrogens (tertiary/aromatic N) is 1. The SMILES string of the molecule is CCCNCC(CCC)N1CCOCC1C. The molecule has 1 aliphatic heterocycles. The summed E-state index contributed by atoms with van der Waals surface area (Å²) in [4.78, 5) is 2.62. The van der Waals surface area contributed by atoms with E-state index >= 15 is 0 Å². The minimum Gasteiger partial charge on any atom is -0.379 e. The van der Waals surface area contributed by atoms with Gasteiger partial charge in [0.15, 0.2) is 0 Å². The van der Waals surface area contributed by atoms with Gasteiger partial charge in [0.25, 0.3) is 0 Å². The molecular formula is C13H28N2O. The lowest BCUT2D eigenvalue weighted by atomic mass is 10.1. The molecule has 3 heteroatoms. The number of morpholine rings is 1. The Kier molecular flexibility index (Phi) is 7.01. The summed E-state index contributed by atoms with van der Waals surface area (Å²) in [6.07, 6.45) is 3.78. The van der Waals surface area contributed by atoms with Gasteiger partial charge >= 0.3 is 0 Å². The van der Waals surface area contributed by atoms with Crippen molar-refractivity contribution < 1.29 is 4.74 Å². The average molecular weight is 228 g/mol. The Hall–Kier alpha value is -0.120. The van der Waals surface area contributed by atoms with Crippen molar-refractivity contribution >= 4 is 0 Å². The van der Waals surface area contributed by atoms with Crippen LogP contribution in [0.3, 0.4) is 0 Å². The highest BCUT2D eigenvalue weighted by molar-refractivity contribution is 4.80. The first kappa shape index (κ1) is 13.9. The molecule has 1 rings (SSSR count). The zero-order valence-corrected chi connectivity index (χ0v) is 11.2. The van der Waals surface area contributed by atoms with Crippen molar-refractivity contribution in [2.45, 2.75) is 52.1 Å². The third-order valence-electron chi connectivity index (χ3n) is 3.32. The molecule has 0 saturated carbocycles. The van der Waals surface area contributed by atoms with Gasteiger partial charge < -0.3 is 10.1 Å². The van der Waals surface area contributed by atoms with Crippen LogP contribution in [-0.4, -0.2) is 49.8 Å². The summed E-state index contributed by atoms with van der Waals surface area (Å²) in [6.45, 7) is 11.9. The van der Waals surface area contributed by atoms with Crippen molar-refractivity contribution in [2.75, 3.05) is 32.8 Å². The Bertz CT molecular complexity index is 175. The second-order valence-electron chi connectivity index (χ2n) is 4.81. The summed E-state index contributed by atoms with van der Waals surface area (Å²) >= 11 is 0. The number of ether oxygens (including phenoxy) is 1. The highest BCUT2D eigenvalue weighted by Crippen LogP contribution is 2.14. The topological polar surface area (TPSA) is 24.5 Å². The molecule has 1 aliphatic rings. The van der Waals surface area contributed by atoms with Gasteiger partial charge in [-0.1, -0.05) is 20.3 Å². The van der Waals surface area contributed by atoms with Gasteiger partial charge in [0, 0.05) is 25.2 Å². The number of hydrogen-bond donors (Lipinski definition) is 1. The second kappa shape index (κ2) is 8.04. The van der Waals surface area contributed by atoms with Crippen LogP contribution >= 0.6 is 0 Å². The van der Waals surface area contributed by atoms with E-state index in [0.717, 1.165) is 32.8 Å². The van der Waals surface area contributed by atoms with E-state index in [9.17, 15) is 0 Å². The third kappa shape index (κ3) is 4.40. The molecule has 0 aromatic heterocycles. The summed E-state index contributed by atoms with van der Waals surface area (Å²) in [5.74, 6) is 0. The number of rotatable bonds is 7. The summed E-state index contributed by atoms with van der Waals surface area (Å²) in [7, 11) is 0. The fraction of sp³-hybridized carbons (Fsp3) is 1.00. The molecule has 1 heterocycles. The highest BCUT2D eigenvalue weighted by atomic mass is 16.5. The van der Waals surface area contributed by atoms with Crippen molar-refractivity contribution in [3.8, 4) is 0 Å². The normalized spacial score (nSPS) is 24.6.